The summed E-state index contributed by atoms with van der Waals surface area (Å²) in [5.74, 6) is -1.71. The predicted octanol–water partition coefficient (Wildman–Crippen LogP) is 5.06. The van der Waals surface area contributed by atoms with Crippen molar-refractivity contribution in [3.63, 3.8) is 0 Å². The van der Waals surface area contributed by atoms with E-state index in [-0.39, 0.29) is 18.1 Å². The number of esters is 1. The molecule has 224 valence electrons. The standard InChI is InChI=1S/C31H38F2N6O3/c1-31(2,3)42-29(40)5-4-10-38-11-13-39(14-12-38)25-8-6-24(7-9-25)37-28-18-27(26(20-36-28)30(34)41)35-19-21-15-22(32)17-23(33)16-21/h6-9,15-18,20H,4-5,10-14,19H2,1-3H3,(H2,34,41)(H2,35,36,37). The normalized spacial score (nSPS) is 14.0. The highest BCUT2D eigenvalue weighted by Crippen LogP contribution is 2.25. The number of hydrogen-bond donors (Lipinski definition) is 3. The fraction of sp³-hybridized carbons (Fsp3) is 0.387. The molecule has 0 spiro atoms. The van der Waals surface area contributed by atoms with E-state index in [2.05, 4.69) is 25.4 Å². The fourth-order valence-electron chi connectivity index (χ4n) is 4.75. The second kappa shape index (κ2) is 13.6. The Morgan fingerprint density at radius 2 is 1.67 bits per heavy atom. The molecule has 4 N–H and O–H groups in total. The van der Waals surface area contributed by atoms with Crippen LogP contribution < -0.4 is 21.3 Å². The van der Waals surface area contributed by atoms with Crippen LogP contribution >= 0.6 is 0 Å². The minimum Gasteiger partial charge on any atom is -0.460 e. The van der Waals surface area contributed by atoms with Gasteiger partial charge in [0.05, 0.1) is 11.3 Å². The number of halogens is 2. The van der Waals surface area contributed by atoms with Gasteiger partial charge < -0.3 is 26.0 Å². The highest BCUT2D eigenvalue weighted by molar-refractivity contribution is 5.98. The first-order valence-electron chi connectivity index (χ1n) is 14.0. The van der Waals surface area contributed by atoms with Crippen LogP contribution in [0.2, 0.25) is 0 Å². The number of pyridine rings is 1. The molecule has 0 saturated carbocycles. The van der Waals surface area contributed by atoms with E-state index in [1.165, 1.54) is 18.3 Å². The number of hydrogen-bond acceptors (Lipinski definition) is 8. The van der Waals surface area contributed by atoms with Crippen LogP contribution in [-0.4, -0.2) is 60.1 Å². The first-order valence-corrected chi connectivity index (χ1v) is 14.0. The van der Waals surface area contributed by atoms with E-state index >= 15 is 0 Å². The molecule has 3 aromatic rings. The third-order valence-corrected chi connectivity index (χ3v) is 6.73. The van der Waals surface area contributed by atoms with Gasteiger partial charge in [-0.3, -0.25) is 14.5 Å². The molecule has 1 aliphatic rings. The number of anilines is 4. The van der Waals surface area contributed by atoms with Crippen molar-refractivity contribution in [3.8, 4) is 0 Å². The van der Waals surface area contributed by atoms with E-state index in [1.807, 2.05) is 45.0 Å². The van der Waals surface area contributed by atoms with Gasteiger partial charge in [0.25, 0.3) is 5.91 Å². The maximum Gasteiger partial charge on any atom is 0.306 e. The number of piperazine rings is 1. The number of nitrogens with two attached hydrogens (primary N) is 1. The Balaban J connectivity index is 1.29. The van der Waals surface area contributed by atoms with E-state index in [1.54, 1.807) is 6.07 Å². The van der Waals surface area contributed by atoms with Crippen molar-refractivity contribution in [3.05, 3.63) is 77.5 Å². The number of carbonyl (C=O) groups is 2. The number of aromatic nitrogens is 1. The molecule has 2 heterocycles. The summed E-state index contributed by atoms with van der Waals surface area (Å²) < 4.78 is 32.5. The average Bonchev–Trinajstić information content (AvgIpc) is 2.91. The van der Waals surface area contributed by atoms with Gasteiger partial charge in [-0.1, -0.05) is 0 Å². The van der Waals surface area contributed by atoms with Crippen molar-refractivity contribution in [2.75, 3.05) is 48.3 Å². The molecule has 1 fully saturated rings. The molecule has 1 aromatic heterocycles. The molecule has 0 radical (unpaired) electrons. The molecule has 11 heteroatoms. The summed E-state index contributed by atoms with van der Waals surface area (Å²) in [4.78, 5) is 32.8. The average molecular weight is 581 g/mol. The zero-order valence-corrected chi connectivity index (χ0v) is 24.3. The number of benzene rings is 2. The van der Waals surface area contributed by atoms with Crippen molar-refractivity contribution in [2.24, 2.45) is 5.73 Å². The van der Waals surface area contributed by atoms with Gasteiger partial charge in [0, 0.05) is 68.8 Å². The molecule has 0 aliphatic carbocycles. The lowest BCUT2D eigenvalue weighted by atomic mass is 10.1. The first kappa shape index (κ1) is 30.7. The van der Waals surface area contributed by atoms with Gasteiger partial charge in [0.2, 0.25) is 0 Å². The van der Waals surface area contributed by atoms with Crippen LogP contribution in [0.5, 0.6) is 0 Å². The Hall–Kier alpha value is -4.25. The SMILES string of the molecule is CC(C)(C)OC(=O)CCCN1CCN(c2ccc(Nc3cc(NCc4cc(F)cc(F)c4)c(C(N)=O)cn3)cc2)CC1. The first-order chi connectivity index (χ1) is 19.9. The molecule has 1 aliphatic heterocycles. The number of carbonyl (C=O) groups excluding carboxylic acids is 2. The summed E-state index contributed by atoms with van der Waals surface area (Å²) in [6, 6.07) is 12.8. The number of nitrogens with zero attached hydrogens (tertiary/aromatic N) is 3. The second-order valence-corrected chi connectivity index (χ2v) is 11.3. The fourth-order valence-corrected chi connectivity index (χ4v) is 4.75. The summed E-state index contributed by atoms with van der Waals surface area (Å²) in [7, 11) is 0. The van der Waals surface area contributed by atoms with E-state index in [0.717, 1.165) is 56.6 Å². The molecule has 9 nitrogen and oxygen atoms in total. The zero-order valence-electron chi connectivity index (χ0n) is 24.3. The molecular formula is C31H38F2N6O3. The van der Waals surface area contributed by atoms with Crippen LogP contribution in [0, 0.1) is 11.6 Å². The van der Waals surface area contributed by atoms with Crippen LogP contribution in [0.1, 0.15) is 49.5 Å². The quantitative estimate of drug-likeness (QED) is 0.270. The molecule has 0 bridgehead atoms. The van der Waals surface area contributed by atoms with E-state index in [9.17, 15) is 18.4 Å². The van der Waals surface area contributed by atoms with Gasteiger partial charge in [-0.25, -0.2) is 13.8 Å². The smallest absolute Gasteiger partial charge is 0.306 e. The lowest BCUT2D eigenvalue weighted by molar-refractivity contribution is -0.155. The molecule has 0 unspecified atom stereocenters. The van der Waals surface area contributed by atoms with Crippen molar-refractivity contribution >= 4 is 34.8 Å². The molecule has 42 heavy (non-hydrogen) atoms. The van der Waals surface area contributed by atoms with Crippen molar-refractivity contribution in [1.29, 1.82) is 0 Å². The van der Waals surface area contributed by atoms with Crippen molar-refractivity contribution < 1.29 is 23.1 Å². The number of rotatable bonds is 11. The molecule has 4 rings (SSSR count). The lowest BCUT2D eigenvalue weighted by Crippen LogP contribution is -2.46. The number of amides is 1. The Morgan fingerprint density at radius 1 is 1.00 bits per heavy atom. The van der Waals surface area contributed by atoms with E-state index < -0.39 is 23.1 Å². The van der Waals surface area contributed by atoms with Gasteiger partial charge in [-0.05, 0) is 75.7 Å². The minimum atomic E-state index is -0.681. The van der Waals surface area contributed by atoms with Gasteiger partial charge in [-0.15, -0.1) is 0 Å². The Labute approximate surface area is 245 Å². The highest BCUT2D eigenvalue weighted by Gasteiger charge is 2.19. The minimum absolute atomic E-state index is 0.0874. The van der Waals surface area contributed by atoms with Gasteiger partial charge in [0.15, 0.2) is 0 Å². The summed E-state index contributed by atoms with van der Waals surface area (Å²) in [5.41, 5.74) is 7.90. The summed E-state index contributed by atoms with van der Waals surface area (Å²) in [6.07, 6.45) is 2.57. The van der Waals surface area contributed by atoms with Crippen molar-refractivity contribution in [1.82, 2.24) is 9.88 Å². The van der Waals surface area contributed by atoms with Crippen LogP contribution in [0.15, 0.2) is 54.7 Å². The number of primary amides is 1. The second-order valence-electron chi connectivity index (χ2n) is 11.3. The largest absolute Gasteiger partial charge is 0.460 e. The van der Waals surface area contributed by atoms with Crippen LogP contribution in [0.3, 0.4) is 0 Å². The molecular weight excluding hydrogens is 542 g/mol. The van der Waals surface area contributed by atoms with Crippen LogP contribution in [-0.2, 0) is 16.1 Å². The number of ether oxygens (including phenoxy) is 1. The van der Waals surface area contributed by atoms with E-state index in [4.69, 9.17) is 10.5 Å². The van der Waals surface area contributed by atoms with E-state index in [0.29, 0.717) is 23.5 Å². The molecule has 0 atom stereocenters. The topological polar surface area (TPSA) is 113 Å². The third kappa shape index (κ3) is 9.13. The Morgan fingerprint density at radius 3 is 2.29 bits per heavy atom. The monoisotopic (exact) mass is 580 g/mol. The third-order valence-electron chi connectivity index (χ3n) is 6.73. The van der Waals surface area contributed by atoms with Crippen molar-refractivity contribution in [2.45, 2.75) is 45.8 Å². The van der Waals surface area contributed by atoms with Gasteiger partial charge in [-0.2, -0.15) is 0 Å². The Kier molecular flexibility index (Phi) is 9.95. The molecule has 1 saturated heterocycles. The molecule has 1 amide bonds. The van der Waals surface area contributed by atoms with Gasteiger partial charge in [0.1, 0.15) is 23.1 Å². The lowest BCUT2D eigenvalue weighted by Gasteiger charge is -2.36. The summed E-state index contributed by atoms with van der Waals surface area (Å²) in [5, 5.41) is 6.25. The maximum atomic E-state index is 13.6. The van der Waals surface area contributed by atoms with Crippen LogP contribution in [0.25, 0.3) is 0 Å². The maximum absolute atomic E-state index is 13.6. The Bertz CT molecular complexity index is 1370. The summed E-state index contributed by atoms with van der Waals surface area (Å²) >= 11 is 0. The number of nitrogens with one attached hydrogen (secondary N) is 2. The summed E-state index contributed by atoms with van der Waals surface area (Å²) in [6.45, 7) is 10.2. The predicted molar refractivity (Wildman–Crippen MR) is 160 cm³/mol. The van der Waals surface area contributed by atoms with Crippen LogP contribution in [0.4, 0.5) is 31.7 Å². The zero-order chi connectivity index (χ0) is 30.3. The van der Waals surface area contributed by atoms with Gasteiger partial charge >= 0.3 is 5.97 Å². The highest BCUT2D eigenvalue weighted by atomic mass is 19.1. The molecule has 2 aromatic carbocycles.